The van der Waals surface area contributed by atoms with Crippen molar-refractivity contribution in [1.82, 2.24) is 15.5 Å². The molecule has 1 amide bonds. The van der Waals surface area contributed by atoms with Crippen LogP contribution in [-0.4, -0.2) is 27.2 Å². The number of carbonyl (C=O) groups is 2. The van der Waals surface area contributed by atoms with E-state index in [0.717, 1.165) is 17.0 Å². The first-order valence-corrected chi connectivity index (χ1v) is 6.48. The van der Waals surface area contributed by atoms with Crippen LogP contribution in [0.1, 0.15) is 38.8 Å². The Morgan fingerprint density at radius 1 is 1.38 bits per heavy atom. The van der Waals surface area contributed by atoms with Crippen LogP contribution in [-0.2, 0) is 17.8 Å². The molecule has 0 aliphatic carbocycles. The SMILES string of the molecule is Cc1n[nH]c(C)c1CC(=O)NCc1cc(C(=O)O)c(C)o1. The summed E-state index contributed by atoms with van der Waals surface area (Å²) < 4.78 is 5.29. The largest absolute Gasteiger partial charge is 0.478 e. The normalized spacial score (nSPS) is 10.6. The number of carbonyl (C=O) groups excluding carboxylic acids is 1. The number of aromatic carboxylic acids is 1. The minimum atomic E-state index is -1.04. The van der Waals surface area contributed by atoms with Crippen LogP contribution < -0.4 is 5.32 Å². The first-order chi connectivity index (χ1) is 9.88. The maximum atomic E-state index is 11.9. The summed E-state index contributed by atoms with van der Waals surface area (Å²) >= 11 is 0. The molecule has 2 aromatic rings. The van der Waals surface area contributed by atoms with Gasteiger partial charge in [0.2, 0.25) is 5.91 Å². The molecular formula is C14H17N3O4. The van der Waals surface area contributed by atoms with Crippen molar-refractivity contribution in [3.8, 4) is 0 Å². The number of furan rings is 1. The molecule has 0 bridgehead atoms. The van der Waals surface area contributed by atoms with E-state index in [2.05, 4.69) is 15.5 Å². The third kappa shape index (κ3) is 3.31. The van der Waals surface area contributed by atoms with Crippen molar-refractivity contribution in [2.75, 3.05) is 0 Å². The van der Waals surface area contributed by atoms with Gasteiger partial charge in [-0.1, -0.05) is 0 Å². The quantitative estimate of drug-likeness (QED) is 0.773. The Morgan fingerprint density at radius 2 is 2.10 bits per heavy atom. The van der Waals surface area contributed by atoms with Crippen molar-refractivity contribution in [3.05, 3.63) is 40.1 Å². The minimum Gasteiger partial charge on any atom is -0.478 e. The number of aromatic amines is 1. The van der Waals surface area contributed by atoms with Gasteiger partial charge in [-0.05, 0) is 26.8 Å². The van der Waals surface area contributed by atoms with Crippen LogP contribution in [0.2, 0.25) is 0 Å². The predicted octanol–water partition coefficient (Wildman–Crippen LogP) is 1.49. The molecular weight excluding hydrogens is 274 g/mol. The zero-order valence-electron chi connectivity index (χ0n) is 12.1. The number of nitrogens with zero attached hydrogens (tertiary/aromatic N) is 1. The first kappa shape index (κ1) is 14.8. The van der Waals surface area contributed by atoms with Gasteiger partial charge < -0.3 is 14.8 Å². The topological polar surface area (TPSA) is 108 Å². The van der Waals surface area contributed by atoms with Crippen molar-refractivity contribution < 1.29 is 19.1 Å². The van der Waals surface area contributed by atoms with E-state index in [9.17, 15) is 9.59 Å². The van der Waals surface area contributed by atoms with Crippen molar-refractivity contribution in [2.45, 2.75) is 33.7 Å². The lowest BCUT2D eigenvalue weighted by Gasteiger charge is -2.03. The number of aromatic nitrogens is 2. The molecule has 0 saturated carbocycles. The number of carboxylic acid groups (broad SMARTS) is 1. The highest BCUT2D eigenvalue weighted by atomic mass is 16.4. The standard InChI is InChI=1S/C14H17N3O4/c1-7-11(8(2)17-16-7)5-13(18)15-6-10-4-12(14(19)20)9(3)21-10/h4H,5-6H2,1-3H3,(H,15,18)(H,16,17)(H,19,20). The number of rotatable bonds is 5. The Balaban J connectivity index is 1.95. The third-order valence-corrected chi connectivity index (χ3v) is 3.28. The van der Waals surface area contributed by atoms with Crippen LogP contribution in [0.3, 0.4) is 0 Å². The number of amides is 1. The van der Waals surface area contributed by atoms with E-state index in [-0.39, 0.29) is 24.4 Å². The van der Waals surface area contributed by atoms with Gasteiger partial charge in [-0.25, -0.2) is 4.79 Å². The molecule has 0 aromatic carbocycles. The second-order valence-electron chi connectivity index (χ2n) is 4.85. The van der Waals surface area contributed by atoms with Gasteiger partial charge in [-0.15, -0.1) is 0 Å². The molecule has 0 spiro atoms. The minimum absolute atomic E-state index is 0.112. The van der Waals surface area contributed by atoms with E-state index in [4.69, 9.17) is 9.52 Å². The lowest BCUT2D eigenvalue weighted by atomic mass is 10.1. The average Bonchev–Trinajstić information content (AvgIpc) is 2.94. The fourth-order valence-corrected chi connectivity index (χ4v) is 2.09. The molecule has 7 heteroatoms. The van der Waals surface area contributed by atoms with Gasteiger partial charge in [0.1, 0.15) is 17.1 Å². The van der Waals surface area contributed by atoms with Gasteiger partial charge >= 0.3 is 5.97 Å². The highest BCUT2D eigenvalue weighted by molar-refractivity contribution is 5.88. The molecule has 0 fully saturated rings. The number of hydrogen-bond donors (Lipinski definition) is 3. The van der Waals surface area contributed by atoms with Gasteiger partial charge in [0.25, 0.3) is 0 Å². The summed E-state index contributed by atoms with van der Waals surface area (Å²) in [7, 11) is 0. The third-order valence-electron chi connectivity index (χ3n) is 3.28. The van der Waals surface area contributed by atoms with E-state index >= 15 is 0 Å². The fraction of sp³-hybridized carbons (Fsp3) is 0.357. The van der Waals surface area contributed by atoms with E-state index in [0.29, 0.717) is 11.5 Å². The van der Waals surface area contributed by atoms with E-state index < -0.39 is 5.97 Å². The number of carboxylic acids is 1. The molecule has 0 aliphatic rings. The summed E-state index contributed by atoms with van der Waals surface area (Å²) in [5.74, 6) is -0.473. The lowest BCUT2D eigenvalue weighted by molar-refractivity contribution is -0.120. The number of H-pyrrole nitrogens is 1. The monoisotopic (exact) mass is 291 g/mol. The zero-order valence-corrected chi connectivity index (χ0v) is 12.1. The first-order valence-electron chi connectivity index (χ1n) is 6.48. The summed E-state index contributed by atoms with van der Waals surface area (Å²) in [6.45, 7) is 5.43. The molecule has 0 aliphatic heterocycles. The highest BCUT2D eigenvalue weighted by Gasteiger charge is 2.15. The van der Waals surface area contributed by atoms with Crippen molar-refractivity contribution in [3.63, 3.8) is 0 Å². The molecule has 0 radical (unpaired) electrons. The van der Waals surface area contributed by atoms with Gasteiger partial charge in [0.15, 0.2) is 0 Å². The van der Waals surface area contributed by atoms with Gasteiger partial charge in [0.05, 0.1) is 18.7 Å². The summed E-state index contributed by atoms with van der Waals surface area (Å²) in [4.78, 5) is 22.8. The van der Waals surface area contributed by atoms with Gasteiger partial charge in [0, 0.05) is 11.3 Å². The van der Waals surface area contributed by atoms with E-state index in [1.165, 1.54) is 6.07 Å². The number of hydrogen-bond acceptors (Lipinski definition) is 4. The van der Waals surface area contributed by atoms with Crippen molar-refractivity contribution >= 4 is 11.9 Å². The molecule has 2 heterocycles. The molecule has 0 unspecified atom stereocenters. The molecule has 7 nitrogen and oxygen atoms in total. The van der Waals surface area contributed by atoms with E-state index in [1.54, 1.807) is 6.92 Å². The van der Waals surface area contributed by atoms with Crippen LogP contribution in [0.25, 0.3) is 0 Å². The number of nitrogens with one attached hydrogen (secondary N) is 2. The van der Waals surface area contributed by atoms with Gasteiger partial charge in [-0.3, -0.25) is 9.89 Å². The molecule has 21 heavy (non-hydrogen) atoms. The van der Waals surface area contributed by atoms with Crippen LogP contribution in [0.5, 0.6) is 0 Å². The summed E-state index contributed by atoms with van der Waals surface area (Å²) in [5, 5.41) is 18.5. The Kier molecular flexibility index (Phi) is 4.11. The van der Waals surface area contributed by atoms with Crippen LogP contribution in [0.15, 0.2) is 10.5 Å². The van der Waals surface area contributed by atoms with Crippen LogP contribution in [0, 0.1) is 20.8 Å². The second kappa shape index (κ2) is 5.82. The van der Waals surface area contributed by atoms with Crippen molar-refractivity contribution in [2.24, 2.45) is 0 Å². The Morgan fingerprint density at radius 3 is 2.62 bits per heavy atom. The summed E-state index contributed by atoms with van der Waals surface area (Å²) in [6, 6.07) is 1.42. The molecule has 3 N–H and O–H groups in total. The molecule has 2 rings (SSSR count). The Hall–Kier alpha value is -2.57. The summed E-state index contributed by atoms with van der Waals surface area (Å²) in [5.41, 5.74) is 2.64. The maximum Gasteiger partial charge on any atom is 0.339 e. The molecule has 0 saturated heterocycles. The Bertz CT molecular complexity index is 665. The fourth-order valence-electron chi connectivity index (χ4n) is 2.09. The smallest absolute Gasteiger partial charge is 0.339 e. The Labute approximate surface area is 121 Å². The zero-order chi connectivity index (χ0) is 15.6. The van der Waals surface area contributed by atoms with Crippen LogP contribution in [0.4, 0.5) is 0 Å². The second-order valence-corrected chi connectivity index (χ2v) is 4.85. The maximum absolute atomic E-state index is 11.9. The summed E-state index contributed by atoms with van der Waals surface area (Å²) in [6.07, 6.45) is 0.222. The molecule has 0 atom stereocenters. The molecule has 2 aromatic heterocycles. The highest BCUT2D eigenvalue weighted by Crippen LogP contribution is 2.15. The van der Waals surface area contributed by atoms with Crippen LogP contribution >= 0.6 is 0 Å². The lowest BCUT2D eigenvalue weighted by Crippen LogP contribution is -2.24. The van der Waals surface area contributed by atoms with Gasteiger partial charge in [-0.2, -0.15) is 5.10 Å². The molecule has 112 valence electrons. The van der Waals surface area contributed by atoms with Crippen molar-refractivity contribution in [1.29, 1.82) is 0 Å². The average molecular weight is 291 g/mol. The predicted molar refractivity (Wildman–Crippen MR) is 74.0 cm³/mol. The van der Waals surface area contributed by atoms with E-state index in [1.807, 2.05) is 13.8 Å². The number of aryl methyl sites for hydroxylation is 3.